The maximum absolute atomic E-state index is 12.1. The van der Waals surface area contributed by atoms with Gasteiger partial charge in [-0.1, -0.05) is 45.0 Å². The van der Waals surface area contributed by atoms with Crippen molar-refractivity contribution in [2.24, 2.45) is 0 Å². The lowest BCUT2D eigenvalue weighted by molar-refractivity contribution is -0.136. The van der Waals surface area contributed by atoms with Crippen LogP contribution in [0.5, 0.6) is 0 Å². The number of hydrogen-bond donors (Lipinski definition) is 1. The molecule has 0 bridgehead atoms. The normalized spacial score (nSPS) is 24.8. The molecule has 2 heterocycles. The van der Waals surface area contributed by atoms with Crippen molar-refractivity contribution in [2.45, 2.75) is 51.2 Å². The van der Waals surface area contributed by atoms with Gasteiger partial charge in [0.25, 0.3) is 0 Å². The van der Waals surface area contributed by atoms with E-state index >= 15 is 0 Å². The Morgan fingerprint density at radius 3 is 2.38 bits per heavy atom. The third kappa shape index (κ3) is 3.13. The minimum absolute atomic E-state index is 0.0592. The zero-order valence-electron chi connectivity index (χ0n) is 14.2. The average Bonchev–Trinajstić information content (AvgIpc) is 2.88. The number of ether oxygens (including phenoxy) is 1. The van der Waals surface area contributed by atoms with Crippen molar-refractivity contribution < 1.29 is 19.1 Å². The highest BCUT2D eigenvalue weighted by Gasteiger charge is 2.41. The van der Waals surface area contributed by atoms with E-state index in [9.17, 15) is 14.4 Å². The van der Waals surface area contributed by atoms with E-state index in [1.807, 2.05) is 24.3 Å². The van der Waals surface area contributed by atoms with Crippen LogP contribution in [0, 0.1) is 0 Å². The van der Waals surface area contributed by atoms with Crippen molar-refractivity contribution in [1.82, 2.24) is 10.2 Å². The van der Waals surface area contributed by atoms with Gasteiger partial charge in [-0.3, -0.25) is 19.8 Å². The standard InChI is InChI=1S/C18H22N2O4/c1-18(2,3)12-6-4-11(5-7-12)14-10-20(17(23)24-14)13-8-9-15(21)19-16(13)22/h4-7,13-14H,8-10H2,1-3H3,(H,19,21,22)/t13?,14-/m1/s1. The lowest BCUT2D eigenvalue weighted by Crippen LogP contribution is -2.52. The number of rotatable bonds is 2. The van der Waals surface area contributed by atoms with Gasteiger partial charge in [0.05, 0.1) is 6.54 Å². The Labute approximate surface area is 141 Å². The van der Waals surface area contributed by atoms with E-state index in [-0.39, 0.29) is 17.7 Å². The van der Waals surface area contributed by atoms with Gasteiger partial charge in [-0.05, 0) is 23.0 Å². The largest absolute Gasteiger partial charge is 0.439 e. The first-order valence-corrected chi connectivity index (χ1v) is 8.17. The molecule has 1 aromatic carbocycles. The Balaban J connectivity index is 1.73. The first-order chi connectivity index (χ1) is 11.3. The van der Waals surface area contributed by atoms with Crippen molar-refractivity contribution in [2.75, 3.05) is 6.54 Å². The van der Waals surface area contributed by atoms with E-state index in [4.69, 9.17) is 4.74 Å². The summed E-state index contributed by atoms with van der Waals surface area (Å²) in [5.41, 5.74) is 2.17. The number of nitrogens with zero attached hydrogens (tertiary/aromatic N) is 1. The molecule has 2 aliphatic heterocycles. The summed E-state index contributed by atoms with van der Waals surface area (Å²) in [6, 6.07) is 7.38. The second kappa shape index (κ2) is 5.92. The molecular weight excluding hydrogens is 308 g/mol. The van der Waals surface area contributed by atoms with E-state index in [1.165, 1.54) is 10.5 Å². The van der Waals surface area contributed by atoms with Gasteiger partial charge < -0.3 is 4.74 Å². The highest BCUT2D eigenvalue weighted by atomic mass is 16.6. The first-order valence-electron chi connectivity index (χ1n) is 8.17. The summed E-state index contributed by atoms with van der Waals surface area (Å²) in [6.45, 7) is 6.74. The van der Waals surface area contributed by atoms with Crippen LogP contribution in [-0.4, -0.2) is 35.4 Å². The summed E-state index contributed by atoms with van der Waals surface area (Å²) in [7, 11) is 0. The van der Waals surface area contributed by atoms with Crippen molar-refractivity contribution in [3.8, 4) is 0 Å². The summed E-state index contributed by atoms with van der Waals surface area (Å²) in [5.74, 6) is -0.718. The molecule has 1 unspecified atom stereocenters. The van der Waals surface area contributed by atoms with E-state index in [0.29, 0.717) is 13.0 Å². The van der Waals surface area contributed by atoms with E-state index in [2.05, 4.69) is 26.1 Å². The second-order valence-corrected chi connectivity index (χ2v) is 7.36. The molecule has 2 fully saturated rings. The van der Waals surface area contributed by atoms with Gasteiger partial charge in [0, 0.05) is 6.42 Å². The monoisotopic (exact) mass is 330 g/mol. The molecule has 0 spiro atoms. The Kier molecular flexibility index (Phi) is 4.07. The third-order valence-corrected chi connectivity index (χ3v) is 4.57. The van der Waals surface area contributed by atoms with Crippen molar-refractivity contribution in [3.05, 3.63) is 35.4 Å². The van der Waals surface area contributed by atoms with Gasteiger partial charge >= 0.3 is 6.09 Å². The van der Waals surface area contributed by atoms with Crippen LogP contribution in [0.3, 0.4) is 0 Å². The molecule has 24 heavy (non-hydrogen) atoms. The number of nitrogens with one attached hydrogen (secondary N) is 1. The molecular formula is C18H22N2O4. The van der Waals surface area contributed by atoms with Crippen LogP contribution in [0.4, 0.5) is 4.79 Å². The van der Waals surface area contributed by atoms with Crippen LogP contribution in [0.1, 0.15) is 50.8 Å². The Bertz CT molecular complexity index is 675. The number of carbonyl (C=O) groups is 3. The van der Waals surface area contributed by atoms with Crippen LogP contribution < -0.4 is 5.32 Å². The molecule has 1 N–H and O–H groups in total. The minimum atomic E-state index is -0.631. The molecule has 0 saturated carbocycles. The molecule has 2 atom stereocenters. The molecule has 6 nitrogen and oxygen atoms in total. The van der Waals surface area contributed by atoms with Gasteiger partial charge in [-0.25, -0.2) is 4.79 Å². The highest BCUT2D eigenvalue weighted by Crippen LogP contribution is 2.31. The summed E-state index contributed by atoms with van der Waals surface area (Å²) >= 11 is 0. The first kappa shape index (κ1) is 16.5. The SMILES string of the molecule is CC(C)(C)c1ccc([C@H]2CN(C3CCC(=O)NC3=O)C(=O)O2)cc1. The zero-order valence-corrected chi connectivity index (χ0v) is 14.2. The number of benzene rings is 1. The predicted molar refractivity (Wildman–Crippen MR) is 87.2 cm³/mol. The van der Waals surface area contributed by atoms with Crippen molar-refractivity contribution in [3.63, 3.8) is 0 Å². The molecule has 2 aliphatic rings. The summed E-state index contributed by atoms with van der Waals surface area (Å²) < 4.78 is 5.44. The molecule has 1 aromatic rings. The van der Waals surface area contributed by atoms with Gasteiger partial charge in [-0.2, -0.15) is 0 Å². The molecule has 0 radical (unpaired) electrons. The van der Waals surface area contributed by atoms with E-state index in [1.54, 1.807) is 0 Å². The molecule has 3 rings (SSSR count). The predicted octanol–water partition coefficient (Wildman–Crippen LogP) is 2.28. The Morgan fingerprint density at radius 1 is 1.12 bits per heavy atom. The van der Waals surface area contributed by atoms with Crippen LogP contribution in [0.2, 0.25) is 0 Å². The van der Waals surface area contributed by atoms with Gasteiger partial charge in [0.1, 0.15) is 12.1 Å². The number of amides is 3. The maximum atomic E-state index is 12.1. The van der Waals surface area contributed by atoms with Crippen molar-refractivity contribution >= 4 is 17.9 Å². The lowest BCUT2D eigenvalue weighted by atomic mass is 9.86. The Hall–Kier alpha value is -2.37. The summed E-state index contributed by atoms with van der Waals surface area (Å²) in [5, 5.41) is 2.28. The third-order valence-electron chi connectivity index (χ3n) is 4.57. The number of imide groups is 1. The second-order valence-electron chi connectivity index (χ2n) is 7.36. The highest BCUT2D eigenvalue weighted by molar-refractivity contribution is 6.01. The quantitative estimate of drug-likeness (QED) is 0.844. The zero-order chi connectivity index (χ0) is 17.5. The van der Waals surface area contributed by atoms with E-state index < -0.39 is 24.1 Å². The number of piperidine rings is 1. The number of carbonyl (C=O) groups excluding carboxylic acids is 3. The molecule has 6 heteroatoms. The molecule has 2 saturated heterocycles. The fourth-order valence-corrected chi connectivity index (χ4v) is 3.09. The number of hydrogen-bond acceptors (Lipinski definition) is 4. The van der Waals surface area contributed by atoms with Crippen LogP contribution in [0.15, 0.2) is 24.3 Å². The minimum Gasteiger partial charge on any atom is -0.439 e. The molecule has 0 aliphatic carbocycles. The number of cyclic esters (lactones) is 1. The average molecular weight is 330 g/mol. The molecule has 128 valence electrons. The van der Waals surface area contributed by atoms with Crippen LogP contribution >= 0.6 is 0 Å². The maximum Gasteiger partial charge on any atom is 0.411 e. The lowest BCUT2D eigenvalue weighted by Gasteiger charge is -2.27. The topological polar surface area (TPSA) is 75.7 Å². The van der Waals surface area contributed by atoms with Gasteiger partial charge in [-0.15, -0.1) is 0 Å². The summed E-state index contributed by atoms with van der Waals surface area (Å²) in [6.07, 6.45) is -0.313. The molecule has 3 amide bonds. The van der Waals surface area contributed by atoms with Gasteiger partial charge in [0.2, 0.25) is 11.8 Å². The van der Waals surface area contributed by atoms with Crippen molar-refractivity contribution in [1.29, 1.82) is 0 Å². The molecule has 0 aromatic heterocycles. The van der Waals surface area contributed by atoms with Gasteiger partial charge in [0.15, 0.2) is 0 Å². The fraction of sp³-hybridized carbons (Fsp3) is 0.500. The smallest absolute Gasteiger partial charge is 0.411 e. The van der Waals surface area contributed by atoms with E-state index in [0.717, 1.165) is 5.56 Å². The van der Waals surface area contributed by atoms with Crippen LogP contribution in [-0.2, 0) is 19.7 Å². The fourth-order valence-electron chi connectivity index (χ4n) is 3.09. The summed E-state index contributed by atoms with van der Waals surface area (Å²) in [4.78, 5) is 36.8. The Morgan fingerprint density at radius 2 is 1.79 bits per heavy atom. The van der Waals surface area contributed by atoms with Crippen LogP contribution in [0.25, 0.3) is 0 Å².